The Kier molecular flexibility index (Phi) is 4.01. The van der Waals surface area contributed by atoms with Crippen LogP contribution in [0.25, 0.3) is 0 Å². The number of nitrogens with one attached hydrogen (secondary N) is 1. The maximum absolute atomic E-state index is 13.1. The maximum atomic E-state index is 13.1. The Morgan fingerprint density at radius 3 is 2.71 bits per heavy atom. The van der Waals surface area contributed by atoms with E-state index in [9.17, 15) is 8.78 Å². The minimum Gasteiger partial charge on any atom is -0.310 e. The molecule has 0 unspecified atom stereocenters. The molecular formula is C11H15F2N. The molecule has 1 aromatic rings. The molecule has 0 radical (unpaired) electrons. The molecule has 1 atom stereocenters. The Bertz CT molecular complexity index is 299. The number of halogens is 2. The molecule has 1 nitrogen and oxygen atoms in total. The van der Waals surface area contributed by atoms with E-state index >= 15 is 0 Å². The van der Waals surface area contributed by atoms with Crippen LogP contribution in [0.5, 0.6) is 0 Å². The van der Waals surface area contributed by atoms with Crippen LogP contribution in [0.15, 0.2) is 18.2 Å². The van der Waals surface area contributed by atoms with Gasteiger partial charge in [-0.05, 0) is 31.5 Å². The van der Waals surface area contributed by atoms with E-state index in [0.29, 0.717) is 18.2 Å². The highest BCUT2D eigenvalue weighted by Gasteiger charge is 2.04. The van der Waals surface area contributed by atoms with Gasteiger partial charge >= 0.3 is 0 Å². The summed E-state index contributed by atoms with van der Waals surface area (Å²) >= 11 is 0. The number of hydrogen-bond acceptors (Lipinski definition) is 1. The predicted octanol–water partition coefficient (Wildman–Crippen LogP) is 2.85. The maximum Gasteiger partial charge on any atom is 0.127 e. The van der Waals surface area contributed by atoms with Crippen LogP contribution in [0.1, 0.15) is 25.8 Å². The first-order valence-electron chi connectivity index (χ1n) is 4.80. The van der Waals surface area contributed by atoms with Crippen molar-refractivity contribution < 1.29 is 8.78 Å². The molecule has 0 fully saturated rings. The molecule has 1 rings (SSSR count). The summed E-state index contributed by atoms with van der Waals surface area (Å²) in [6.07, 6.45) is 0.969. The second kappa shape index (κ2) is 5.05. The molecule has 14 heavy (non-hydrogen) atoms. The molecule has 0 heterocycles. The van der Waals surface area contributed by atoms with Crippen LogP contribution in [0.4, 0.5) is 8.78 Å². The lowest BCUT2D eigenvalue weighted by atomic mass is 10.2. The third-order valence-electron chi connectivity index (χ3n) is 2.26. The third-order valence-corrected chi connectivity index (χ3v) is 2.26. The van der Waals surface area contributed by atoms with E-state index in [1.807, 2.05) is 13.8 Å². The van der Waals surface area contributed by atoms with Crippen molar-refractivity contribution in [2.24, 2.45) is 0 Å². The monoisotopic (exact) mass is 199 g/mol. The Labute approximate surface area is 83.1 Å². The zero-order valence-electron chi connectivity index (χ0n) is 8.48. The topological polar surface area (TPSA) is 12.0 Å². The highest BCUT2D eigenvalue weighted by molar-refractivity contribution is 5.18. The summed E-state index contributed by atoms with van der Waals surface area (Å²) in [5, 5.41) is 3.11. The van der Waals surface area contributed by atoms with Gasteiger partial charge in [0.15, 0.2) is 0 Å². The SMILES string of the molecule is CC[C@@H](C)NCc1cc(F)ccc1F. The average Bonchev–Trinajstić information content (AvgIpc) is 2.19. The van der Waals surface area contributed by atoms with Crippen LogP contribution < -0.4 is 5.32 Å². The van der Waals surface area contributed by atoms with Crippen LogP contribution in [-0.4, -0.2) is 6.04 Å². The zero-order chi connectivity index (χ0) is 10.6. The molecule has 0 bridgehead atoms. The van der Waals surface area contributed by atoms with Crippen molar-refractivity contribution in [3.05, 3.63) is 35.4 Å². The molecule has 3 heteroatoms. The lowest BCUT2D eigenvalue weighted by Gasteiger charge is -2.11. The number of rotatable bonds is 4. The van der Waals surface area contributed by atoms with Gasteiger partial charge in [-0.3, -0.25) is 0 Å². The molecule has 1 N–H and O–H groups in total. The summed E-state index contributed by atoms with van der Waals surface area (Å²) in [6, 6.07) is 3.83. The van der Waals surface area contributed by atoms with Crippen LogP contribution in [-0.2, 0) is 6.54 Å². The van der Waals surface area contributed by atoms with E-state index in [0.717, 1.165) is 18.6 Å². The lowest BCUT2D eigenvalue weighted by Crippen LogP contribution is -2.24. The van der Waals surface area contributed by atoms with Gasteiger partial charge in [-0.2, -0.15) is 0 Å². The van der Waals surface area contributed by atoms with Crippen molar-refractivity contribution in [2.45, 2.75) is 32.9 Å². The molecule has 0 spiro atoms. The fourth-order valence-electron chi connectivity index (χ4n) is 1.11. The Hall–Kier alpha value is -0.960. The van der Waals surface area contributed by atoms with Gasteiger partial charge in [-0.1, -0.05) is 6.92 Å². The van der Waals surface area contributed by atoms with Crippen LogP contribution in [0, 0.1) is 11.6 Å². The van der Waals surface area contributed by atoms with Crippen molar-refractivity contribution in [1.29, 1.82) is 0 Å². The van der Waals surface area contributed by atoms with E-state index in [1.54, 1.807) is 0 Å². The summed E-state index contributed by atoms with van der Waals surface area (Å²) in [4.78, 5) is 0. The molecule has 0 aliphatic rings. The van der Waals surface area contributed by atoms with Gasteiger partial charge in [0.1, 0.15) is 11.6 Å². The predicted molar refractivity (Wildman–Crippen MR) is 53.0 cm³/mol. The van der Waals surface area contributed by atoms with Gasteiger partial charge < -0.3 is 5.32 Å². The van der Waals surface area contributed by atoms with Crippen molar-refractivity contribution in [2.75, 3.05) is 0 Å². The Morgan fingerprint density at radius 2 is 2.07 bits per heavy atom. The Balaban J connectivity index is 2.62. The molecule has 0 aliphatic carbocycles. The van der Waals surface area contributed by atoms with E-state index in [-0.39, 0.29) is 5.82 Å². The minimum atomic E-state index is -0.396. The van der Waals surface area contributed by atoms with Crippen LogP contribution in [0.3, 0.4) is 0 Å². The summed E-state index contributed by atoms with van der Waals surface area (Å²) in [5.41, 5.74) is 0.380. The largest absolute Gasteiger partial charge is 0.310 e. The summed E-state index contributed by atoms with van der Waals surface area (Å²) < 4.78 is 25.9. The van der Waals surface area contributed by atoms with E-state index < -0.39 is 5.82 Å². The standard InChI is InChI=1S/C11H15F2N/c1-3-8(2)14-7-9-6-10(12)4-5-11(9)13/h4-6,8,14H,3,7H2,1-2H3/t8-/m1/s1. The van der Waals surface area contributed by atoms with Crippen LogP contribution >= 0.6 is 0 Å². The van der Waals surface area contributed by atoms with Crippen molar-refractivity contribution >= 4 is 0 Å². The third kappa shape index (κ3) is 3.07. The smallest absolute Gasteiger partial charge is 0.127 e. The second-order valence-corrected chi connectivity index (χ2v) is 3.43. The second-order valence-electron chi connectivity index (χ2n) is 3.43. The quantitative estimate of drug-likeness (QED) is 0.786. The first-order valence-corrected chi connectivity index (χ1v) is 4.80. The van der Waals surface area contributed by atoms with Crippen molar-refractivity contribution in [3.8, 4) is 0 Å². The molecule has 0 aliphatic heterocycles. The van der Waals surface area contributed by atoms with Gasteiger partial charge in [0, 0.05) is 18.2 Å². The molecule has 1 aromatic carbocycles. The highest BCUT2D eigenvalue weighted by atomic mass is 19.1. The van der Waals surface area contributed by atoms with Gasteiger partial charge in [0.2, 0.25) is 0 Å². The molecule has 0 saturated heterocycles. The normalized spacial score (nSPS) is 12.9. The van der Waals surface area contributed by atoms with Crippen molar-refractivity contribution in [3.63, 3.8) is 0 Å². The average molecular weight is 199 g/mol. The fraction of sp³-hybridized carbons (Fsp3) is 0.455. The molecule has 0 saturated carbocycles. The van der Waals surface area contributed by atoms with E-state index in [4.69, 9.17) is 0 Å². The minimum absolute atomic E-state index is 0.317. The lowest BCUT2D eigenvalue weighted by molar-refractivity contribution is 0.512. The van der Waals surface area contributed by atoms with Gasteiger partial charge in [-0.15, -0.1) is 0 Å². The molecular weight excluding hydrogens is 184 g/mol. The molecule has 0 aromatic heterocycles. The number of benzene rings is 1. The van der Waals surface area contributed by atoms with Gasteiger partial charge in [-0.25, -0.2) is 8.78 Å². The first-order chi connectivity index (χ1) is 6.63. The summed E-state index contributed by atoms with van der Waals surface area (Å²) in [6.45, 7) is 4.43. The van der Waals surface area contributed by atoms with E-state index in [2.05, 4.69) is 5.32 Å². The zero-order valence-corrected chi connectivity index (χ0v) is 8.48. The first kappa shape index (κ1) is 11.1. The summed E-state index contributed by atoms with van der Waals surface area (Å²) in [5.74, 6) is -0.755. The highest BCUT2D eigenvalue weighted by Crippen LogP contribution is 2.09. The fourth-order valence-corrected chi connectivity index (χ4v) is 1.11. The molecule has 78 valence electrons. The number of hydrogen-bond donors (Lipinski definition) is 1. The van der Waals surface area contributed by atoms with Gasteiger partial charge in [0.25, 0.3) is 0 Å². The Morgan fingerprint density at radius 1 is 1.36 bits per heavy atom. The molecule has 0 amide bonds. The van der Waals surface area contributed by atoms with E-state index in [1.165, 1.54) is 6.07 Å². The summed E-state index contributed by atoms with van der Waals surface area (Å²) in [7, 11) is 0. The van der Waals surface area contributed by atoms with Crippen LogP contribution in [0.2, 0.25) is 0 Å². The van der Waals surface area contributed by atoms with Crippen molar-refractivity contribution in [1.82, 2.24) is 5.32 Å². The van der Waals surface area contributed by atoms with Gasteiger partial charge in [0.05, 0.1) is 0 Å².